The van der Waals surface area contributed by atoms with Gasteiger partial charge in [-0.15, -0.1) is 21.5 Å². The number of benzene rings is 1. The molecule has 0 aliphatic heterocycles. The van der Waals surface area contributed by atoms with Crippen molar-refractivity contribution in [2.75, 3.05) is 0 Å². The molecule has 0 spiro atoms. The number of nitrogens with one attached hydrogen (secondary N) is 1. The molecule has 7 nitrogen and oxygen atoms in total. The summed E-state index contributed by atoms with van der Waals surface area (Å²) in [6.07, 6.45) is 3.59. The summed E-state index contributed by atoms with van der Waals surface area (Å²) in [6, 6.07) is 12.4. The second-order valence-corrected chi connectivity index (χ2v) is 9.96. The molecule has 3 heterocycles. The van der Waals surface area contributed by atoms with Crippen molar-refractivity contribution in [3.05, 3.63) is 63.5 Å². The zero-order valence-corrected chi connectivity index (χ0v) is 20.3. The van der Waals surface area contributed by atoms with Gasteiger partial charge in [0.1, 0.15) is 10.5 Å². The Bertz CT molecular complexity index is 1290. The maximum absolute atomic E-state index is 12.9. The van der Waals surface area contributed by atoms with Crippen molar-refractivity contribution < 1.29 is 4.79 Å². The number of carbonyl (C=O) groups is 1. The molecule has 4 rings (SSSR count). The Balaban J connectivity index is 1.39. The molecule has 0 bridgehead atoms. The highest BCUT2D eigenvalue weighted by molar-refractivity contribution is 7.17. The van der Waals surface area contributed by atoms with Crippen LogP contribution in [0.2, 0.25) is 0 Å². The lowest BCUT2D eigenvalue weighted by atomic mass is 10.1. The third-order valence-electron chi connectivity index (χ3n) is 5.75. The van der Waals surface area contributed by atoms with Crippen LogP contribution in [0.3, 0.4) is 0 Å². The van der Waals surface area contributed by atoms with Crippen LogP contribution in [-0.4, -0.2) is 31.1 Å². The number of fused-ring (bicyclic) bond motifs is 3. The van der Waals surface area contributed by atoms with Crippen LogP contribution >= 0.6 is 11.3 Å². The number of hydrogen-bond acceptors (Lipinski definition) is 5. The van der Waals surface area contributed by atoms with Crippen LogP contribution in [0.25, 0.3) is 16.0 Å². The standard InChI is InChI=1S/C25H31N5O2S/c1-17(2)16-29-24(32)23-20(14-15-33-23)30-21(27-28-25(29)30)10-7-11-22(31)26-18(3)12-13-19-8-5-4-6-9-19/h4-6,8-9,14-15,17-18H,7,10-13,16H2,1-3H3,(H,26,31)/t18-/m0/s1. The Morgan fingerprint density at radius 1 is 1.09 bits per heavy atom. The van der Waals surface area contributed by atoms with E-state index in [4.69, 9.17) is 0 Å². The summed E-state index contributed by atoms with van der Waals surface area (Å²) in [5, 5.41) is 13.8. The van der Waals surface area contributed by atoms with Gasteiger partial charge in [-0.25, -0.2) is 0 Å². The summed E-state index contributed by atoms with van der Waals surface area (Å²) >= 11 is 1.45. The normalized spacial score (nSPS) is 12.6. The van der Waals surface area contributed by atoms with Gasteiger partial charge >= 0.3 is 0 Å². The second kappa shape index (κ2) is 10.3. The minimum absolute atomic E-state index is 0.0102. The van der Waals surface area contributed by atoms with E-state index in [1.807, 2.05) is 41.0 Å². The third kappa shape index (κ3) is 5.33. The predicted molar refractivity (Wildman–Crippen MR) is 133 cm³/mol. The Labute approximate surface area is 197 Å². The number of carbonyl (C=O) groups excluding carboxylic acids is 1. The van der Waals surface area contributed by atoms with Crippen molar-refractivity contribution in [1.82, 2.24) is 24.5 Å². The number of aromatic nitrogens is 4. The Morgan fingerprint density at radius 2 is 1.88 bits per heavy atom. The highest BCUT2D eigenvalue weighted by Crippen LogP contribution is 2.21. The van der Waals surface area contributed by atoms with Gasteiger partial charge in [0.25, 0.3) is 5.56 Å². The minimum Gasteiger partial charge on any atom is -0.354 e. The lowest BCUT2D eigenvalue weighted by molar-refractivity contribution is -0.121. The zero-order chi connectivity index (χ0) is 23.4. The molecule has 0 saturated heterocycles. The number of aryl methyl sites for hydroxylation is 2. The fraction of sp³-hybridized carbons (Fsp3) is 0.440. The van der Waals surface area contributed by atoms with Gasteiger partial charge in [-0.1, -0.05) is 44.2 Å². The molecule has 0 unspecified atom stereocenters. The molecule has 0 aliphatic rings. The van der Waals surface area contributed by atoms with Crippen molar-refractivity contribution >= 4 is 33.2 Å². The molecule has 1 atom stereocenters. The summed E-state index contributed by atoms with van der Waals surface area (Å²) < 4.78 is 4.42. The Hall–Kier alpha value is -3.00. The van der Waals surface area contributed by atoms with E-state index in [-0.39, 0.29) is 17.5 Å². The van der Waals surface area contributed by atoms with Crippen LogP contribution in [0, 0.1) is 5.92 Å². The summed E-state index contributed by atoms with van der Waals surface area (Å²) in [5.74, 6) is 1.74. The fourth-order valence-electron chi connectivity index (χ4n) is 4.13. The molecular weight excluding hydrogens is 434 g/mol. The van der Waals surface area contributed by atoms with Crippen LogP contribution < -0.4 is 10.9 Å². The number of thiophene rings is 1. The van der Waals surface area contributed by atoms with E-state index < -0.39 is 0 Å². The molecule has 1 N–H and O–H groups in total. The van der Waals surface area contributed by atoms with Crippen LogP contribution in [0.5, 0.6) is 0 Å². The molecule has 174 valence electrons. The zero-order valence-electron chi connectivity index (χ0n) is 19.5. The van der Waals surface area contributed by atoms with Crippen molar-refractivity contribution in [2.45, 2.75) is 65.5 Å². The van der Waals surface area contributed by atoms with Crippen LogP contribution in [0.15, 0.2) is 46.6 Å². The first-order valence-corrected chi connectivity index (χ1v) is 12.5. The largest absolute Gasteiger partial charge is 0.354 e. The summed E-state index contributed by atoms with van der Waals surface area (Å²) in [6.45, 7) is 6.81. The lowest BCUT2D eigenvalue weighted by Gasteiger charge is -2.14. The van der Waals surface area contributed by atoms with Crippen molar-refractivity contribution in [3.8, 4) is 0 Å². The highest BCUT2D eigenvalue weighted by atomic mass is 32.1. The van der Waals surface area contributed by atoms with Crippen LogP contribution in [0.1, 0.15) is 51.4 Å². The summed E-state index contributed by atoms with van der Waals surface area (Å²) in [5.41, 5.74) is 2.12. The molecule has 1 amide bonds. The SMILES string of the molecule is CC(C)Cn1c(=O)c2sccc2n2c(CCCC(=O)N[C@@H](C)CCc3ccccc3)nnc12. The lowest BCUT2D eigenvalue weighted by Crippen LogP contribution is -2.32. The van der Waals surface area contributed by atoms with Gasteiger partial charge in [0.15, 0.2) is 0 Å². The molecule has 1 aromatic carbocycles. The maximum atomic E-state index is 12.9. The maximum Gasteiger partial charge on any atom is 0.272 e. The van der Waals surface area contributed by atoms with E-state index in [9.17, 15) is 9.59 Å². The molecule has 0 fully saturated rings. The molecule has 0 aliphatic carbocycles. The topological polar surface area (TPSA) is 81.3 Å². The van der Waals surface area contributed by atoms with Crippen molar-refractivity contribution in [1.29, 1.82) is 0 Å². The van der Waals surface area contributed by atoms with E-state index in [0.717, 1.165) is 24.2 Å². The first-order valence-electron chi connectivity index (χ1n) is 11.6. The van der Waals surface area contributed by atoms with Crippen LogP contribution in [0.4, 0.5) is 0 Å². The van der Waals surface area contributed by atoms with E-state index in [2.05, 4.69) is 41.5 Å². The number of amides is 1. The molecule has 33 heavy (non-hydrogen) atoms. The van der Waals surface area contributed by atoms with Crippen molar-refractivity contribution in [3.63, 3.8) is 0 Å². The molecule has 0 saturated carbocycles. The van der Waals surface area contributed by atoms with E-state index in [0.29, 0.717) is 42.2 Å². The van der Waals surface area contributed by atoms with Gasteiger partial charge in [0.2, 0.25) is 11.7 Å². The first-order chi connectivity index (χ1) is 15.9. The monoisotopic (exact) mass is 465 g/mol. The van der Waals surface area contributed by atoms with Gasteiger partial charge in [-0.2, -0.15) is 0 Å². The fourth-order valence-corrected chi connectivity index (χ4v) is 4.95. The molecule has 3 aromatic heterocycles. The summed E-state index contributed by atoms with van der Waals surface area (Å²) in [4.78, 5) is 25.4. The van der Waals surface area contributed by atoms with E-state index in [1.165, 1.54) is 16.9 Å². The number of rotatable bonds is 10. The Morgan fingerprint density at radius 3 is 2.64 bits per heavy atom. The van der Waals surface area contributed by atoms with Gasteiger partial charge in [0.05, 0.1) is 5.52 Å². The van der Waals surface area contributed by atoms with Gasteiger partial charge in [-0.05, 0) is 49.1 Å². The molecule has 4 aromatic rings. The van der Waals surface area contributed by atoms with E-state index in [1.54, 1.807) is 4.57 Å². The quantitative estimate of drug-likeness (QED) is 0.380. The van der Waals surface area contributed by atoms with Gasteiger partial charge in [0, 0.05) is 25.4 Å². The van der Waals surface area contributed by atoms with E-state index >= 15 is 0 Å². The average Bonchev–Trinajstić information content (AvgIpc) is 3.43. The molecule has 8 heteroatoms. The first kappa shape index (κ1) is 23.2. The average molecular weight is 466 g/mol. The van der Waals surface area contributed by atoms with Crippen molar-refractivity contribution in [2.24, 2.45) is 5.92 Å². The predicted octanol–water partition coefficient (Wildman–Crippen LogP) is 4.22. The van der Waals surface area contributed by atoms with Gasteiger partial charge < -0.3 is 5.32 Å². The second-order valence-electron chi connectivity index (χ2n) is 9.04. The highest BCUT2D eigenvalue weighted by Gasteiger charge is 2.18. The third-order valence-corrected chi connectivity index (χ3v) is 6.64. The molecule has 0 radical (unpaired) electrons. The molecular formula is C25H31N5O2S. The number of hydrogen-bond donors (Lipinski definition) is 1. The minimum atomic E-state index is -0.0102. The van der Waals surface area contributed by atoms with Crippen LogP contribution in [-0.2, 0) is 24.2 Å². The number of nitrogens with zero attached hydrogens (tertiary/aromatic N) is 4. The van der Waals surface area contributed by atoms with Gasteiger partial charge in [-0.3, -0.25) is 18.6 Å². The Kier molecular flexibility index (Phi) is 7.23. The summed E-state index contributed by atoms with van der Waals surface area (Å²) in [7, 11) is 0. The smallest absolute Gasteiger partial charge is 0.272 e.